The standard InChI is InChI=1S/C12H19N3O3S/c1-12(2,3)18-11(16)15-7-5-4-6-8(15)9-13-14-10(19)17-9/h8H,4-7H2,1-3H3,(H,14,19). The van der Waals surface area contributed by atoms with Crippen LogP contribution in [0.15, 0.2) is 9.64 Å². The van der Waals surface area contributed by atoms with Gasteiger partial charge in [0.15, 0.2) is 0 Å². The number of amides is 1. The van der Waals surface area contributed by atoms with E-state index in [9.17, 15) is 4.79 Å². The maximum Gasteiger partial charge on any atom is 0.410 e. The quantitative estimate of drug-likeness (QED) is 0.804. The van der Waals surface area contributed by atoms with E-state index in [4.69, 9.17) is 9.15 Å². The molecule has 0 aliphatic carbocycles. The molecule has 1 aliphatic heterocycles. The van der Waals surface area contributed by atoms with E-state index < -0.39 is 5.60 Å². The van der Waals surface area contributed by atoms with Crippen molar-refractivity contribution in [3.05, 3.63) is 5.89 Å². The molecule has 0 radical (unpaired) electrons. The van der Waals surface area contributed by atoms with Gasteiger partial charge in [-0.05, 0) is 40.0 Å². The molecule has 19 heavy (non-hydrogen) atoms. The topological polar surface area (TPSA) is 68.5 Å². The number of carbonyl (C=O) groups excluding carboxylic acids is 1. The van der Waals surface area contributed by atoms with Gasteiger partial charge in [-0.25, -0.2) is 4.79 Å². The molecule has 1 aromatic rings. The Bertz CT molecular complexity index is 455. The van der Waals surface area contributed by atoms with Gasteiger partial charge in [0.2, 0.25) is 5.89 Å². The fourth-order valence-electron chi connectivity index (χ4n) is 2.09. The molecule has 1 unspecified atom stereocenters. The molecular formula is C12H19N3O3S. The van der Waals surface area contributed by atoms with Gasteiger partial charge >= 0.3 is 6.09 Å². The number of hydrogen-bond donors (Lipinski definition) is 1. The van der Waals surface area contributed by atoms with Crippen LogP contribution in [-0.4, -0.2) is 33.3 Å². The van der Waals surface area contributed by atoms with Crippen molar-refractivity contribution in [3.8, 4) is 0 Å². The SMILES string of the molecule is CC(C)(C)OC(=O)N1CCCCC1c1nnc(S)o1. The number of nitrogens with zero attached hydrogens (tertiary/aromatic N) is 3. The number of hydrogen-bond acceptors (Lipinski definition) is 6. The predicted octanol–water partition coefficient (Wildman–Crippen LogP) is 2.82. The van der Waals surface area contributed by atoms with Crippen molar-refractivity contribution in [2.75, 3.05) is 6.54 Å². The molecule has 0 N–H and O–H groups in total. The Kier molecular flexibility index (Phi) is 4.03. The second kappa shape index (κ2) is 5.40. The lowest BCUT2D eigenvalue weighted by molar-refractivity contribution is 0.00570. The fraction of sp³-hybridized carbons (Fsp3) is 0.750. The van der Waals surface area contributed by atoms with Crippen molar-refractivity contribution in [2.45, 2.75) is 56.9 Å². The normalized spacial score (nSPS) is 20.4. The number of carbonyl (C=O) groups is 1. The van der Waals surface area contributed by atoms with Gasteiger partial charge in [0.25, 0.3) is 5.22 Å². The number of ether oxygens (including phenoxy) is 1. The van der Waals surface area contributed by atoms with E-state index in [2.05, 4.69) is 22.8 Å². The van der Waals surface area contributed by atoms with Crippen LogP contribution in [0.4, 0.5) is 4.79 Å². The molecule has 1 aromatic heterocycles. The molecule has 2 heterocycles. The summed E-state index contributed by atoms with van der Waals surface area (Å²) in [7, 11) is 0. The average molecular weight is 285 g/mol. The highest BCUT2D eigenvalue weighted by atomic mass is 32.1. The zero-order valence-corrected chi connectivity index (χ0v) is 12.3. The Morgan fingerprint density at radius 2 is 2.16 bits per heavy atom. The van der Waals surface area contributed by atoms with Crippen molar-refractivity contribution in [1.82, 2.24) is 15.1 Å². The summed E-state index contributed by atoms with van der Waals surface area (Å²) in [5.41, 5.74) is -0.511. The van der Waals surface area contributed by atoms with Crippen LogP contribution in [0.1, 0.15) is 52.0 Å². The zero-order valence-electron chi connectivity index (χ0n) is 11.4. The zero-order chi connectivity index (χ0) is 14.0. The first kappa shape index (κ1) is 14.2. The summed E-state index contributed by atoms with van der Waals surface area (Å²) in [5.74, 6) is 0.426. The molecule has 1 amide bonds. The lowest BCUT2D eigenvalue weighted by atomic mass is 10.0. The van der Waals surface area contributed by atoms with Crippen LogP contribution in [0.25, 0.3) is 0 Å². The van der Waals surface area contributed by atoms with Gasteiger partial charge in [-0.15, -0.1) is 10.2 Å². The summed E-state index contributed by atoms with van der Waals surface area (Å²) in [6.45, 7) is 6.19. The van der Waals surface area contributed by atoms with Crippen LogP contribution in [0.2, 0.25) is 0 Å². The minimum atomic E-state index is -0.511. The molecule has 106 valence electrons. The van der Waals surface area contributed by atoms with Crippen molar-refractivity contribution < 1.29 is 13.9 Å². The van der Waals surface area contributed by atoms with Gasteiger partial charge in [-0.3, -0.25) is 4.90 Å². The summed E-state index contributed by atoms with van der Waals surface area (Å²) < 4.78 is 10.7. The van der Waals surface area contributed by atoms with Crippen molar-refractivity contribution in [3.63, 3.8) is 0 Å². The molecule has 0 spiro atoms. The van der Waals surface area contributed by atoms with E-state index in [0.29, 0.717) is 12.4 Å². The highest BCUT2D eigenvalue weighted by Crippen LogP contribution is 2.31. The maximum atomic E-state index is 12.2. The number of rotatable bonds is 1. The molecule has 7 heteroatoms. The van der Waals surface area contributed by atoms with Crippen molar-refractivity contribution >= 4 is 18.7 Å². The van der Waals surface area contributed by atoms with Gasteiger partial charge in [-0.1, -0.05) is 12.6 Å². The third-order valence-electron chi connectivity index (χ3n) is 2.85. The van der Waals surface area contributed by atoms with E-state index in [0.717, 1.165) is 19.3 Å². The molecule has 6 nitrogen and oxygen atoms in total. The third-order valence-corrected chi connectivity index (χ3v) is 3.03. The summed E-state index contributed by atoms with van der Waals surface area (Å²) in [6.07, 6.45) is 2.44. The third kappa shape index (κ3) is 3.62. The van der Waals surface area contributed by atoms with Crippen LogP contribution in [0.5, 0.6) is 0 Å². The number of aromatic nitrogens is 2. The highest BCUT2D eigenvalue weighted by molar-refractivity contribution is 7.80. The van der Waals surface area contributed by atoms with E-state index in [1.807, 2.05) is 20.8 Å². The molecule has 0 saturated carbocycles. The summed E-state index contributed by atoms with van der Waals surface area (Å²) in [4.78, 5) is 13.9. The summed E-state index contributed by atoms with van der Waals surface area (Å²) in [6, 6.07) is -0.211. The predicted molar refractivity (Wildman–Crippen MR) is 71.1 cm³/mol. The van der Waals surface area contributed by atoms with Crippen LogP contribution >= 0.6 is 12.6 Å². The molecule has 0 bridgehead atoms. The first-order chi connectivity index (χ1) is 8.87. The Labute approximate surface area is 117 Å². The number of likely N-dealkylation sites (tertiary alicyclic amines) is 1. The molecule has 2 rings (SSSR count). The summed E-state index contributed by atoms with van der Waals surface area (Å²) in [5, 5.41) is 7.87. The van der Waals surface area contributed by atoms with Crippen LogP contribution in [0.3, 0.4) is 0 Å². The Balaban J connectivity index is 2.14. The van der Waals surface area contributed by atoms with E-state index >= 15 is 0 Å². The monoisotopic (exact) mass is 285 g/mol. The first-order valence-electron chi connectivity index (χ1n) is 6.39. The molecule has 0 aromatic carbocycles. The van der Waals surface area contributed by atoms with Gasteiger partial charge < -0.3 is 9.15 Å². The minimum absolute atomic E-state index is 0.211. The summed E-state index contributed by atoms with van der Waals surface area (Å²) >= 11 is 4.00. The molecule has 1 aliphatic rings. The molecule has 1 saturated heterocycles. The molecular weight excluding hydrogens is 266 g/mol. The Morgan fingerprint density at radius 1 is 1.42 bits per heavy atom. The lowest BCUT2D eigenvalue weighted by Crippen LogP contribution is -2.42. The molecule has 1 atom stereocenters. The minimum Gasteiger partial charge on any atom is -0.444 e. The van der Waals surface area contributed by atoms with E-state index in [1.54, 1.807) is 4.90 Å². The van der Waals surface area contributed by atoms with Gasteiger partial charge in [0, 0.05) is 6.54 Å². The Morgan fingerprint density at radius 3 is 2.74 bits per heavy atom. The first-order valence-corrected chi connectivity index (χ1v) is 6.83. The number of thiol groups is 1. The van der Waals surface area contributed by atoms with E-state index in [-0.39, 0.29) is 17.4 Å². The highest BCUT2D eigenvalue weighted by Gasteiger charge is 2.34. The van der Waals surface area contributed by atoms with Crippen LogP contribution in [0, 0.1) is 0 Å². The van der Waals surface area contributed by atoms with Crippen LogP contribution in [-0.2, 0) is 4.74 Å². The average Bonchev–Trinajstić information content (AvgIpc) is 2.73. The number of piperidine rings is 1. The van der Waals surface area contributed by atoms with E-state index in [1.165, 1.54) is 0 Å². The van der Waals surface area contributed by atoms with Crippen molar-refractivity contribution in [2.24, 2.45) is 0 Å². The van der Waals surface area contributed by atoms with Gasteiger partial charge in [0.05, 0.1) is 0 Å². The molecule has 1 fully saturated rings. The second-order valence-corrected chi connectivity index (χ2v) is 5.99. The maximum absolute atomic E-state index is 12.2. The van der Waals surface area contributed by atoms with Crippen LogP contribution < -0.4 is 0 Å². The van der Waals surface area contributed by atoms with Gasteiger partial charge in [0.1, 0.15) is 11.6 Å². The Hall–Kier alpha value is -1.24. The smallest absolute Gasteiger partial charge is 0.410 e. The second-order valence-electron chi connectivity index (χ2n) is 5.61. The lowest BCUT2D eigenvalue weighted by Gasteiger charge is -2.34. The fourth-order valence-corrected chi connectivity index (χ4v) is 2.23. The van der Waals surface area contributed by atoms with Gasteiger partial charge in [-0.2, -0.15) is 0 Å². The van der Waals surface area contributed by atoms with Crippen molar-refractivity contribution in [1.29, 1.82) is 0 Å². The largest absolute Gasteiger partial charge is 0.444 e.